The second-order valence-electron chi connectivity index (χ2n) is 4.89. The maximum atomic E-state index is 10.4. The van der Waals surface area contributed by atoms with Gasteiger partial charge in [-0.3, -0.25) is 0 Å². The molecular weight excluding hydrogens is 266 g/mol. The van der Waals surface area contributed by atoms with E-state index >= 15 is 0 Å². The summed E-state index contributed by atoms with van der Waals surface area (Å²) in [6, 6.07) is 14.4. The molecule has 1 heterocycles. The summed E-state index contributed by atoms with van der Waals surface area (Å²) in [5.41, 5.74) is 2.05. The molecule has 0 bridgehead atoms. The van der Waals surface area contributed by atoms with E-state index in [1.165, 1.54) is 0 Å². The minimum absolute atomic E-state index is 0.574. The second kappa shape index (κ2) is 5.86. The molecule has 3 rings (SSSR count). The summed E-state index contributed by atoms with van der Waals surface area (Å²) in [5.74, 6) is 1.38. The van der Waals surface area contributed by atoms with Gasteiger partial charge in [0.05, 0.1) is 24.8 Å². The first-order valence-electron chi connectivity index (χ1n) is 6.85. The Morgan fingerprint density at radius 2 is 1.62 bits per heavy atom. The first-order chi connectivity index (χ1) is 10.3. The first kappa shape index (κ1) is 13.5. The van der Waals surface area contributed by atoms with Gasteiger partial charge in [-0.25, -0.2) is 0 Å². The molecule has 4 nitrogen and oxygen atoms in total. The number of hydrogen-bond donors (Lipinski definition) is 1. The predicted molar refractivity (Wildman–Crippen MR) is 77.3 cm³/mol. The second-order valence-corrected chi connectivity index (χ2v) is 4.89. The van der Waals surface area contributed by atoms with Gasteiger partial charge >= 0.3 is 0 Å². The summed E-state index contributed by atoms with van der Waals surface area (Å²) in [7, 11) is 0. The molecule has 0 aromatic heterocycles. The number of benzene rings is 2. The van der Waals surface area contributed by atoms with Crippen LogP contribution in [0.1, 0.15) is 29.2 Å². The van der Waals surface area contributed by atoms with Crippen LogP contribution in [0.15, 0.2) is 42.5 Å². The van der Waals surface area contributed by atoms with Crippen LogP contribution < -0.4 is 9.47 Å². The number of rotatable bonds is 2. The molecule has 21 heavy (non-hydrogen) atoms. The van der Waals surface area contributed by atoms with E-state index in [2.05, 4.69) is 6.07 Å². The molecule has 1 N–H and O–H groups in total. The van der Waals surface area contributed by atoms with Gasteiger partial charge in [-0.05, 0) is 35.4 Å². The van der Waals surface area contributed by atoms with E-state index in [9.17, 15) is 5.11 Å². The summed E-state index contributed by atoms with van der Waals surface area (Å²) >= 11 is 0. The van der Waals surface area contributed by atoms with Crippen LogP contribution in [-0.4, -0.2) is 18.3 Å². The molecule has 0 saturated carbocycles. The summed E-state index contributed by atoms with van der Waals surface area (Å²) in [6.07, 6.45) is 0.0947. The van der Waals surface area contributed by atoms with Gasteiger partial charge in [-0.1, -0.05) is 18.2 Å². The zero-order chi connectivity index (χ0) is 14.7. The molecule has 1 aliphatic rings. The SMILES string of the molecule is N#Cc1ccc(C(O)c2ccc3c(c2)OCCCO3)cc1. The number of fused-ring (bicyclic) bond motifs is 1. The third-order valence-electron chi connectivity index (χ3n) is 3.44. The van der Waals surface area contributed by atoms with Gasteiger partial charge in [-0.15, -0.1) is 0 Å². The highest BCUT2D eigenvalue weighted by Crippen LogP contribution is 2.34. The number of hydrogen-bond acceptors (Lipinski definition) is 4. The number of nitriles is 1. The van der Waals surface area contributed by atoms with Crippen LogP contribution in [0.5, 0.6) is 11.5 Å². The van der Waals surface area contributed by atoms with E-state index in [-0.39, 0.29) is 0 Å². The zero-order valence-electron chi connectivity index (χ0n) is 11.5. The minimum atomic E-state index is -0.755. The standard InChI is InChI=1S/C17H15NO3/c18-11-12-2-4-13(5-3-12)17(19)14-6-7-15-16(10-14)21-9-1-8-20-15/h2-7,10,17,19H,1,8-9H2. The Labute approximate surface area is 123 Å². The molecule has 0 spiro atoms. The lowest BCUT2D eigenvalue weighted by atomic mass is 10.00. The van der Waals surface area contributed by atoms with Crippen molar-refractivity contribution >= 4 is 0 Å². The molecule has 2 aromatic rings. The van der Waals surface area contributed by atoms with E-state index in [1.807, 2.05) is 18.2 Å². The fourth-order valence-electron chi connectivity index (χ4n) is 2.28. The summed E-state index contributed by atoms with van der Waals surface area (Å²) < 4.78 is 11.2. The minimum Gasteiger partial charge on any atom is -0.490 e. The van der Waals surface area contributed by atoms with E-state index in [4.69, 9.17) is 14.7 Å². The maximum absolute atomic E-state index is 10.4. The van der Waals surface area contributed by atoms with Gasteiger partial charge in [0, 0.05) is 6.42 Å². The molecule has 106 valence electrons. The van der Waals surface area contributed by atoms with Crippen molar-refractivity contribution in [2.45, 2.75) is 12.5 Å². The van der Waals surface area contributed by atoms with Crippen LogP contribution in [0.4, 0.5) is 0 Å². The Morgan fingerprint density at radius 3 is 2.33 bits per heavy atom. The predicted octanol–water partition coefficient (Wildman–Crippen LogP) is 2.80. The molecule has 1 unspecified atom stereocenters. The lowest BCUT2D eigenvalue weighted by Gasteiger charge is -2.14. The van der Waals surface area contributed by atoms with Gasteiger partial charge in [0.15, 0.2) is 11.5 Å². The van der Waals surface area contributed by atoms with E-state index < -0.39 is 6.10 Å². The van der Waals surface area contributed by atoms with Gasteiger partial charge < -0.3 is 14.6 Å². The highest BCUT2D eigenvalue weighted by Gasteiger charge is 2.16. The van der Waals surface area contributed by atoms with Crippen molar-refractivity contribution in [3.05, 3.63) is 59.2 Å². The average molecular weight is 281 g/mol. The Kier molecular flexibility index (Phi) is 3.76. The van der Waals surface area contributed by atoms with Crippen LogP contribution in [0, 0.1) is 11.3 Å². The maximum Gasteiger partial charge on any atom is 0.161 e. The highest BCUT2D eigenvalue weighted by molar-refractivity contribution is 5.46. The molecule has 0 aliphatic carbocycles. The normalized spacial score (nSPS) is 14.9. The van der Waals surface area contributed by atoms with Crippen LogP contribution in [0.3, 0.4) is 0 Å². The van der Waals surface area contributed by atoms with Crippen LogP contribution in [0.25, 0.3) is 0 Å². The van der Waals surface area contributed by atoms with Gasteiger partial charge in [0.25, 0.3) is 0 Å². The average Bonchev–Trinajstić information content (AvgIpc) is 2.79. The molecule has 1 aliphatic heterocycles. The first-order valence-corrected chi connectivity index (χ1v) is 6.85. The Morgan fingerprint density at radius 1 is 0.952 bits per heavy atom. The zero-order valence-corrected chi connectivity index (χ0v) is 11.5. The van der Waals surface area contributed by atoms with E-state index in [1.54, 1.807) is 24.3 Å². The molecule has 0 fully saturated rings. The third kappa shape index (κ3) is 2.83. The molecule has 0 radical (unpaired) electrons. The fourth-order valence-corrected chi connectivity index (χ4v) is 2.28. The Balaban J connectivity index is 1.88. The molecule has 0 amide bonds. The van der Waals surface area contributed by atoms with Gasteiger partial charge in [-0.2, -0.15) is 5.26 Å². The quantitative estimate of drug-likeness (QED) is 0.919. The third-order valence-corrected chi connectivity index (χ3v) is 3.44. The molecule has 0 saturated heterocycles. The number of aliphatic hydroxyl groups is 1. The van der Waals surface area contributed by atoms with Crippen LogP contribution >= 0.6 is 0 Å². The molecule has 4 heteroatoms. The summed E-state index contributed by atoms with van der Waals surface area (Å²) in [4.78, 5) is 0. The smallest absolute Gasteiger partial charge is 0.161 e. The van der Waals surface area contributed by atoms with Crippen LogP contribution in [-0.2, 0) is 0 Å². The van der Waals surface area contributed by atoms with E-state index in [0.29, 0.717) is 30.3 Å². The van der Waals surface area contributed by atoms with Crippen molar-refractivity contribution in [3.63, 3.8) is 0 Å². The lowest BCUT2D eigenvalue weighted by molar-refractivity contribution is 0.219. The van der Waals surface area contributed by atoms with Crippen molar-refractivity contribution in [1.29, 1.82) is 5.26 Å². The fraction of sp³-hybridized carbons (Fsp3) is 0.235. The topological polar surface area (TPSA) is 62.5 Å². The van der Waals surface area contributed by atoms with Crippen molar-refractivity contribution in [2.24, 2.45) is 0 Å². The Hall–Kier alpha value is -2.51. The molecule has 1 atom stereocenters. The van der Waals surface area contributed by atoms with Crippen molar-refractivity contribution in [2.75, 3.05) is 13.2 Å². The van der Waals surface area contributed by atoms with Crippen LogP contribution in [0.2, 0.25) is 0 Å². The lowest BCUT2D eigenvalue weighted by Crippen LogP contribution is -2.01. The monoisotopic (exact) mass is 281 g/mol. The number of nitrogens with zero attached hydrogens (tertiary/aromatic N) is 1. The number of ether oxygens (including phenoxy) is 2. The highest BCUT2D eigenvalue weighted by atomic mass is 16.5. The summed E-state index contributed by atoms with van der Waals surface area (Å²) in [5, 5.41) is 19.2. The largest absolute Gasteiger partial charge is 0.490 e. The van der Waals surface area contributed by atoms with Crippen molar-refractivity contribution in [1.82, 2.24) is 0 Å². The van der Waals surface area contributed by atoms with Gasteiger partial charge in [0.1, 0.15) is 6.10 Å². The Bertz CT molecular complexity index is 673. The van der Waals surface area contributed by atoms with E-state index in [0.717, 1.165) is 17.5 Å². The molecular formula is C17H15NO3. The molecule has 2 aromatic carbocycles. The van der Waals surface area contributed by atoms with Crippen molar-refractivity contribution < 1.29 is 14.6 Å². The van der Waals surface area contributed by atoms with Crippen molar-refractivity contribution in [3.8, 4) is 17.6 Å². The summed E-state index contributed by atoms with van der Waals surface area (Å²) in [6.45, 7) is 1.26. The van der Waals surface area contributed by atoms with Gasteiger partial charge in [0.2, 0.25) is 0 Å². The number of aliphatic hydroxyl groups excluding tert-OH is 1.